The number of hydrogen-bond donors (Lipinski definition) is 1. The van der Waals surface area contributed by atoms with Gasteiger partial charge >= 0.3 is 5.97 Å². The second kappa shape index (κ2) is 5.18. The van der Waals surface area contributed by atoms with Crippen LogP contribution >= 0.6 is 0 Å². The van der Waals surface area contributed by atoms with Gasteiger partial charge < -0.3 is 14.7 Å². The molecule has 0 bridgehead atoms. The van der Waals surface area contributed by atoms with Crippen LogP contribution in [-0.2, 0) is 9.53 Å². The summed E-state index contributed by atoms with van der Waals surface area (Å²) in [5.41, 5.74) is 1.16. The van der Waals surface area contributed by atoms with Crippen molar-refractivity contribution in [1.29, 1.82) is 0 Å². The third-order valence-corrected chi connectivity index (χ3v) is 3.03. The van der Waals surface area contributed by atoms with Crippen LogP contribution in [0.1, 0.15) is 35.0 Å². The van der Waals surface area contributed by atoms with Gasteiger partial charge in [0.05, 0.1) is 7.11 Å². The summed E-state index contributed by atoms with van der Waals surface area (Å²) in [4.78, 5) is 24.3. The van der Waals surface area contributed by atoms with Crippen molar-refractivity contribution in [2.45, 2.75) is 19.1 Å². The Kier molecular flexibility index (Phi) is 3.62. The molecule has 0 aliphatic carbocycles. The lowest BCUT2D eigenvalue weighted by atomic mass is 10.1. The van der Waals surface area contributed by atoms with Crippen LogP contribution in [0.5, 0.6) is 0 Å². The number of esters is 1. The normalized spacial score (nSPS) is 17.8. The number of rotatable bonds is 4. The van der Waals surface area contributed by atoms with E-state index in [1.165, 1.54) is 12.0 Å². The molecule has 0 saturated carbocycles. The van der Waals surface area contributed by atoms with E-state index in [0.717, 1.165) is 0 Å². The zero-order valence-corrected chi connectivity index (χ0v) is 10.1. The second-order valence-corrected chi connectivity index (χ2v) is 4.14. The standard InChI is InChI=1S/C13H15NO4/c1-18-11(15)7-4-8-14-12(16)9-5-2-3-6-10(9)13(14)17/h2-3,5-6,12,16H,4,7-8H2,1H3/t12-/m0/s1. The number of carbonyl (C=O) groups excluding carboxylic acids is 2. The first-order chi connectivity index (χ1) is 8.65. The zero-order chi connectivity index (χ0) is 13.1. The van der Waals surface area contributed by atoms with Crippen LogP contribution in [-0.4, -0.2) is 35.5 Å². The Morgan fingerprint density at radius 1 is 1.44 bits per heavy atom. The fraction of sp³-hybridized carbons (Fsp3) is 0.385. The third-order valence-electron chi connectivity index (χ3n) is 3.03. The molecule has 1 aliphatic heterocycles. The number of methoxy groups -OCH3 is 1. The highest BCUT2D eigenvalue weighted by atomic mass is 16.5. The Bertz CT molecular complexity index is 472. The molecule has 18 heavy (non-hydrogen) atoms. The lowest BCUT2D eigenvalue weighted by Crippen LogP contribution is -2.29. The highest BCUT2D eigenvalue weighted by molar-refractivity contribution is 5.98. The Morgan fingerprint density at radius 3 is 2.83 bits per heavy atom. The van der Waals surface area contributed by atoms with Gasteiger partial charge in [0.15, 0.2) is 6.23 Å². The maximum Gasteiger partial charge on any atom is 0.305 e. The molecule has 0 unspecified atom stereocenters. The molecular formula is C13H15NO4. The van der Waals surface area contributed by atoms with Gasteiger partial charge in [-0.25, -0.2) is 0 Å². The predicted octanol–water partition coefficient (Wildman–Crippen LogP) is 1.09. The fourth-order valence-corrected chi connectivity index (χ4v) is 2.07. The zero-order valence-electron chi connectivity index (χ0n) is 10.1. The highest BCUT2D eigenvalue weighted by Crippen LogP contribution is 2.31. The number of benzene rings is 1. The first-order valence-electron chi connectivity index (χ1n) is 5.80. The van der Waals surface area contributed by atoms with E-state index < -0.39 is 6.23 Å². The molecule has 96 valence electrons. The smallest absolute Gasteiger partial charge is 0.305 e. The van der Waals surface area contributed by atoms with E-state index >= 15 is 0 Å². The fourth-order valence-electron chi connectivity index (χ4n) is 2.07. The molecule has 1 aromatic rings. The monoisotopic (exact) mass is 249 g/mol. The number of hydrogen-bond acceptors (Lipinski definition) is 4. The van der Waals surface area contributed by atoms with Crippen molar-refractivity contribution in [3.8, 4) is 0 Å². The number of aliphatic hydroxyl groups is 1. The first kappa shape index (κ1) is 12.6. The SMILES string of the molecule is COC(=O)CCCN1C(=O)c2ccccc2[C@@H]1O. The van der Waals surface area contributed by atoms with Crippen LogP contribution in [0.15, 0.2) is 24.3 Å². The Morgan fingerprint density at radius 2 is 2.17 bits per heavy atom. The molecule has 1 N–H and O–H groups in total. The van der Waals surface area contributed by atoms with E-state index in [4.69, 9.17) is 0 Å². The summed E-state index contributed by atoms with van der Waals surface area (Å²) in [7, 11) is 1.33. The molecule has 1 amide bonds. The Balaban J connectivity index is 2.00. The van der Waals surface area contributed by atoms with Gasteiger partial charge in [-0.15, -0.1) is 0 Å². The molecule has 5 nitrogen and oxygen atoms in total. The Hall–Kier alpha value is -1.88. The largest absolute Gasteiger partial charge is 0.469 e. The van der Waals surface area contributed by atoms with E-state index in [0.29, 0.717) is 24.1 Å². The summed E-state index contributed by atoms with van der Waals surface area (Å²) in [6.07, 6.45) is -0.196. The minimum Gasteiger partial charge on any atom is -0.469 e. The van der Waals surface area contributed by atoms with Crippen molar-refractivity contribution in [2.75, 3.05) is 13.7 Å². The molecule has 1 aliphatic rings. The summed E-state index contributed by atoms with van der Waals surface area (Å²) in [6, 6.07) is 6.98. The number of fused-ring (bicyclic) bond motifs is 1. The van der Waals surface area contributed by atoms with Crippen LogP contribution in [0.2, 0.25) is 0 Å². The number of nitrogens with zero attached hydrogens (tertiary/aromatic N) is 1. The molecule has 0 spiro atoms. The summed E-state index contributed by atoms with van der Waals surface area (Å²) in [5.74, 6) is -0.503. The first-order valence-corrected chi connectivity index (χ1v) is 5.80. The molecular weight excluding hydrogens is 234 g/mol. The number of amides is 1. The Labute approximate surface area is 105 Å². The minimum atomic E-state index is -0.911. The molecule has 5 heteroatoms. The van der Waals surface area contributed by atoms with Crippen LogP contribution in [0, 0.1) is 0 Å². The second-order valence-electron chi connectivity index (χ2n) is 4.14. The van der Waals surface area contributed by atoms with Crippen LogP contribution in [0.3, 0.4) is 0 Å². The van der Waals surface area contributed by atoms with Crippen molar-refractivity contribution < 1.29 is 19.4 Å². The lowest BCUT2D eigenvalue weighted by molar-refractivity contribution is -0.140. The van der Waals surface area contributed by atoms with Gasteiger partial charge in [0.1, 0.15) is 0 Å². The average molecular weight is 249 g/mol. The van der Waals surface area contributed by atoms with Gasteiger partial charge in [-0.2, -0.15) is 0 Å². The van der Waals surface area contributed by atoms with Crippen molar-refractivity contribution in [1.82, 2.24) is 4.90 Å². The minimum absolute atomic E-state index is 0.192. The van der Waals surface area contributed by atoms with Crippen LogP contribution in [0.4, 0.5) is 0 Å². The van der Waals surface area contributed by atoms with Crippen molar-refractivity contribution in [3.05, 3.63) is 35.4 Å². The summed E-state index contributed by atoms with van der Waals surface area (Å²) in [5, 5.41) is 10.0. The van der Waals surface area contributed by atoms with Crippen LogP contribution in [0.25, 0.3) is 0 Å². The molecule has 1 heterocycles. The summed E-state index contributed by atoms with van der Waals surface area (Å²) >= 11 is 0. The van der Waals surface area contributed by atoms with Crippen LogP contribution < -0.4 is 0 Å². The van der Waals surface area contributed by atoms with Crippen molar-refractivity contribution in [3.63, 3.8) is 0 Å². The average Bonchev–Trinajstić information content (AvgIpc) is 2.64. The molecule has 0 aromatic heterocycles. The van der Waals surface area contributed by atoms with Crippen molar-refractivity contribution in [2.24, 2.45) is 0 Å². The van der Waals surface area contributed by atoms with E-state index in [-0.39, 0.29) is 18.3 Å². The topological polar surface area (TPSA) is 66.8 Å². The number of carbonyl (C=O) groups is 2. The van der Waals surface area contributed by atoms with Gasteiger partial charge in [-0.1, -0.05) is 18.2 Å². The maximum atomic E-state index is 12.0. The van der Waals surface area contributed by atoms with Gasteiger partial charge in [-0.05, 0) is 12.5 Å². The summed E-state index contributed by atoms with van der Waals surface area (Å²) in [6.45, 7) is 0.337. The molecule has 0 radical (unpaired) electrons. The van der Waals surface area contributed by atoms with Gasteiger partial charge in [-0.3, -0.25) is 9.59 Å². The van der Waals surface area contributed by atoms with E-state index in [2.05, 4.69) is 4.74 Å². The predicted molar refractivity (Wildman–Crippen MR) is 63.7 cm³/mol. The molecule has 0 fully saturated rings. The molecule has 0 saturated heterocycles. The van der Waals surface area contributed by atoms with E-state index in [1.807, 2.05) is 0 Å². The van der Waals surface area contributed by atoms with Crippen molar-refractivity contribution >= 4 is 11.9 Å². The number of ether oxygens (including phenoxy) is 1. The highest BCUT2D eigenvalue weighted by Gasteiger charge is 2.34. The third kappa shape index (κ3) is 2.22. The molecule has 1 atom stereocenters. The molecule has 2 rings (SSSR count). The van der Waals surface area contributed by atoms with Gasteiger partial charge in [0.2, 0.25) is 0 Å². The van der Waals surface area contributed by atoms with E-state index in [1.54, 1.807) is 24.3 Å². The quantitative estimate of drug-likeness (QED) is 0.811. The number of aliphatic hydroxyl groups excluding tert-OH is 1. The molecule has 1 aromatic carbocycles. The van der Waals surface area contributed by atoms with Gasteiger partial charge in [0, 0.05) is 24.1 Å². The van der Waals surface area contributed by atoms with E-state index in [9.17, 15) is 14.7 Å². The lowest BCUT2D eigenvalue weighted by Gasteiger charge is -2.20. The van der Waals surface area contributed by atoms with Gasteiger partial charge in [0.25, 0.3) is 5.91 Å². The summed E-state index contributed by atoms with van der Waals surface area (Å²) < 4.78 is 4.53. The maximum absolute atomic E-state index is 12.0.